The van der Waals surface area contributed by atoms with Gasteiger partial charge in [-0.25, -0.2) is 0 Å². The molecule has 0 saturated carbocycles. The topological polar surface area (TPSA) is 93.6 Å². The Labute approximate surface area is 126 Å². The summed E-state index contributed by atoms with van der Waals surface area (Å²) in [5.41, 5.74) is 8.16. The molecule has 118 valence electrons. The molecule has 0 saturated heterocycles. The molecule has 0 fully saturated rings. The van der Waals surface area contributed by atoms with Crippen molar-refractivity contribution in [2.24, 2.45) is 16.8 Å². The second-order valence-electron chi connectivity index (χ2n) is 5.20. The molecule has 0 aliphatic rings. The number of hydrogen-bond acceptors (Lipinski definition) is 5. The first-order valence-corrected chi connectivity index (χ1v) is 7.57. The second-order valence-corrected chi connectivity index (χ2v) is 5.20. The molecule has 6 heteroatoms. The Morgan fingerprint density at radius 2 is 2.00 bits per heavy atom. The minimum absolute atomic E-state index is 0.0228. The second kappa shape index (κ2) is 8.44. The summed E-state index contributed by atoms with van der Waals surface area (Å²) in [4.78, 5) is 0. The Hall–Kier alpha value is -1.85. The molecule has 0 amide bonds. The van der Waals surface area contributed by atoms with Gasteiger partial charge < -0.3 is 15.7 Å². The molecule has 3 N–H and O–H groups in total. The van der Waals surface area contributed by atoms with Gasteiger partial charge in [-0.3, -0.25) is 0 Å². The van der Waals surface area contributed by atoms with E-state index in [1.165, 1.54) is 0 Å². The van der Waals surface area contributed by atoms with E-state index in [4.69, 9.17) is 15.7 Å². The Balaban J connectivity index is 3.13. The van der Waals surface area contributed by atoms with Gasteiger partial charge in [0.15, 0.2) is 5.84 Å². The van der Waals surface area contributed by atoms with Gasteiger partial charge in [0.05, 0.1) is 17.9 Å². The molecule has 1 heterocycles. The highest BCUT2D eigenvalue weighted by atomic mass is 16.5. The summed E-state index contributed by atoms with van der Waals surface area (Å²) in [5, 5.41) is 20.4. The first-order valence-electron chi connectivity index (χ1n) is 7.57. The molecule has 21 heavy (non-hydrogen) atoms. The number of amidine groups is 1. The van der Waals surface area contributed by atoms with Crippen molar-refractivity contribution >= 4 is 5.84 Å². The van der Waals surface area contributed by atoms with Crippen LogP contribution in [0, 0.1) is 5.92 Å². The number of aryl methyl sites for hydroxylation is 1. The molecule has 6 nitrogen and oxygen atoms in total. The summed E-state index contributed by atoms with van der Waals surface area (Å²) in [6.07, 6.45) is 3.66. The van der Waals surface area contributed by atoms with Crippen LogP contribution in [0.15, 0.2) is 5.16 Å². The minimum Gasteiger partial charge on any atom is -0.476 e. The Morgan fingerprint density at radius 3 is 2.52 bits per heavy atom. The van der Waals surface area contributed by atoms with Crippen LogP contribution in [-0.4, -0.2) is 27.8 Å². The Bertz CT molecular complexity index is 489. The largest absolute Gasteiger partial charge is 0.476 e. The average Bonchev–Trinajstić information content (AvgIpc) is 2.51. The van der Waals surface area contributed by atoms with Crippen LogP contribution in [0.1, 0.15) is 57.4 Å². The molecule has 0 bridgehead atoms. The summed E-state index contributed by atoms with van der Waals surface area (Å²) in [6, 6.07) is 0. The predicted molar refractivity (Wildman–Crippen MR) is 82.9 cm³/mol. The van der Waals surface area contributed by atoms with E-state index in [1.807, 2.05) is 13.8 Å². The van der Waals surface area contributed by atoms with Crippen LogP contribution in [0.3, 0.4) is 0 Å². The molecule has 0 radical (unpaired) electrons. The number of rotatable bonds is 8. The molecule has 1 rings (SSSR count). The van der Waals surface area contributed by atoms with Gasteiger partial charge in [0.1, 0.15) is 0 Å². The highest BCUT2D eigenvalue weighted by Gasteiger charge is 2.19. The minimum atomic E-state index is 0.0228. The molecule has 0 spiro atoms. The normalized spacial score (nSPS) is 13.2. The molecular weight excluding hydrogens is 268 g/mol. The summed E-state index contributed by atoms with van der Waals surface area (Å²) < 4.78 is 5.77. The van der Waals surface area contributed by atoms with E-state index in [0.717, 1.165) is 36.9 Å². The van der Waals surface area contributed by atoms with E-state index in [9.17, 15) is 0 Å². The maximum absolute atomic E-state index is 9.02. The maximum Gasteiger partial charge on any atom is 0.244 e. The van der Waals surface area contributed by atoms with E-state index >= 15 is 0 Å². The molecule has 1 atom stereocenters. The van der Waals surface area contributed by atoms with Gasteiger partial charge in [0, 0.05) is 0 Å². The molecule has 1 aromatic rings. The number of nitrogens with two attached hydrogens (primary N) is 1. The van der Waals surface area contributed by atoms with Crippen LogP contribution in [-0.2, 0) is 12.8 Å². The number of nitrogens with zero attached hydrogens (tertiary/aromatic N) is 3. The summed E-state index contributed by atoms with van der Waals surface area (Å²) in [5.74, 6) is 0.796. The number of oxime groups is 1. The monoisotopic (exact) mass is 294 g/mol. The van der Waals surface area contributed by atoms with Crippen molar-refractivity contribution < 1.29 is 9.94 Å². The smallest absolute Gasteiger partial charge is 0.244 e. The van der Waals surface area contributed by atoms with E-state index in [-0.39, 0.29) is 5.84 Å². The van der Waals surface area contributed by atoms with Gasteiger partial charge in [-0.2, -0.15) is 5.10 Å². The third-order valence-corrected chi connectivity index (χ3v) is 3.46. The number of hydrogen-bond donors (Lipinski definition) is 2. The third-order valence-electron chi connectivity index (χ3n) is 3.46. The van der Waals surface area contributed by atoms with Crippen LogP contribution in [0.5, 0.6) is 5.88 Å². The quantitative estimate of drug-likeness (QED) is 0.332. The SMILES string of the molecule is CCCC(C)COc1nnc(CC)c(CC)c1C(N)=NO. The van der Waals surface area contributed by atoms with Gasteiger partial charge in [-0.1, -0.05) is 39.3 Å². The lowest BCUT2D eigenvalue weighted by molar-refractivity contribution is 0.239. The highest BCUT2D eigenvalue weighted by Crippen LogP contribution is 2.23. The third kappa shape index (κ3) is 4.31. The summed E-state index contributed by atoms with van der Waals surface area (Å²) in [6.45, 7) is 8.82. The van der Waals surface area contributed by atoms with E-state index in [2.05, 4.69) is 29.2 Å². The molecule has 0 aliphatic carbocycles. The lowest BCUT2D eigenvalue weighted by Crippen LogP contribution is -2.21. The molecule has 0 aliphatic heterocycles. The molecule has 1 unspecified atom stereocenters. The van der Waals surface area contributed by atoms with Gasteiger partial charge in [-0.15, -0.1) is 5.10 Å². The van der Waals surface area contributed by atoms with Crippen molar-refractivity contribution in [3.63, 3.8) is 0 Å². The van der Waals surface area contributed by atoms with E-state index < -0.39 is 0 Å². The fourth-order valence-corrected chi connectivity index (χ4v) is 2.37. The van der Waals surface area contributed by atoms with Crippen LogP contribution < -0.4 is 10.5 Å². The van der Waals surface area contributed by atoms with Gasteiger partial charge in [-0.05, 0) is 30.7 Å². The fourth-order valence-electron chi connectivity index (χ4n) is 2.37. The van der Waals surface area contributed by atoms with Crippen LogP contribution in [0.4, 0.5) is 0 Å². The average molecular weight is 294 g/mol. The lowest BCUT2D eigenvalue weighted by Gasteiger charge is -2.16. The fraction of sp³-hybridized carbons (Fsp3) is 0.667. The molecular formula is C15H26N4O2. The predicted octanol–water partition coefficient (Wildman–Crippen LogP) is 2.51. The number of aromatic nitrogens is 2. The summed E-state index contributed by atoms with van der Waals surface area (Å²) in [7, 11) is 0. The zero-order valence-corrected chi connectivity index (χ0v) is 13.4. The van der Waals surface area contributed by atoms with E-state index in [0.29, 0.717) is 24.0 Å². The van der Waals surface area contributed by atoms with Crippen molar-refractivity contribution in [2.45, 2.75) is 53.4 Å². The molecule has 0 aromatic carbocycles. The number of ether oxygens (including phenoxy) is 1. The first-order chi connectivity index (χ1) is 10.1. The maximum atomic E-state index is 9.02. The van der Waals surface area contributed by atoms with E-state index in [1.54, 1.807) is 0 Å². The zero-order chi connectivity index (χ0) is 15.8. The van der Waals surface area contributed by atoms with Gasteiger partial charge >= 0.3 is 0 Å². The first kappa shape index (κ1) is 17.2. The summed E-state index contributed by atoms with van der Waals surface area (Å²) >= 11 is 0. The lowest BCUT2D eigenvalue weighted by atomic mass is 10.0. The Morgan fingerprint density at radius 1 is 1.29 bits per heavy atom. The van der Waals surface area contributed by atoms with Crippen molar-refractivity contribution in [1.82, 2.24) is 10.2 Å². The van der Waals surface area contributed by atoms with Gasteiger partial charge in [0.25, 0.3) is 0 Å². The van der Waals surface area contributed by atoms with Crippen molar-refractivity contribution in [3.05, 3.63) is 16.8 Å². The van der Waals surface area contributed by atoms with Gasteiger partial charge in [0.2, 0.25) is 5.88 Å². The van der Waals surface area contributed by atoms with Crippen molar-refractivity contribution in [3.8, 4) is 5.88 Å². The van der Waals surface area contributed by atoms with Crippen molar-refractivity contribution in [1.29, 1.82) is 0 Å². The highest BCUT2D eigenvalue weighted by molar-refractivity contribution is 6.00. The van der Waals surface area contributed by atoms with Crippen LogP contribution in [0.25, 0.3) is 0 Å². The van der Waals surface area contributed by atoms with Crippen LogP contribution >= 0.6 is 0 Å². The standard InChI is InChI=1S/C15H26N4O2/c1-5-8-10(4)9-21-15-13(14(16)19-20)11(6-2)12(7-3)17-18-15/h10,20H,5-9H2,1-4H3,(H2,16,19). The van der Waals surface area contributed by atoms with Crippen LogP contribution in [0.2, 0.25) is 0 Å². The van der Waals surface area contributed by atoms with Crippen molar-refractivity contribution in [2.75, 3.05) is 6.61 Å². The molecule has 1 aromatic heterocycles. The Kier molecular flexibility index (Phi) is 6.91. The zero-order valence-electron chi connectivity index (χ0n) is 13.4.